The minimum absolute atomic E-state index is 0.110. The van der Waals surface area contributed by atoms with Gasteiger partial charge in [0, 0.05) is 30.4 Å². The average molecular weight is 414 g/mol. The summed E-state index contributed by atoms with van der Waals surface area (Å²) in [5.41, 5.74) is 0.965. The standard InChI is InChI=1S/C21H20F2N4O3/c1-29-16-6-2-4-13(10-16)19-25-20(30-26-19)14-5-3-9-27(12-14)21(28)24-15-7-8-17(22)18(23)11-15/h2,4,6-8,10-11,14H,3,5,9,12H2,1H3,(H,24,28). The van der Waals surface area contributed by atoms with Crippen LogP contribution in [0.5, 0.6) is 5.75 Å². The molecule has 0 aliphatic carbocycles. The molecule has 7 nitrogen and oxygen atoms in total. The molecule has 1 aliphatic rings. The van der Waals surface area contributed by atoms with E-state index >= 15 is 0 Å². The predicted octanol–water partition coefficient (Wildman–Crippen LogP) is 4.43. The monoisotopic (exact) mass is 414 g/mol. The number of amides is 2. The normalized spacial score (nSPS) is 16.4. The quantitative estimate of drug-likeness (QED) is 0.683. The molecule has 0 saturated carbocycles. The molecule has 2 aromatic carbocycles. The second-order valence-corrected chi connectivity index (χ2v) is 7.03. The molecular formula is C21H20F2N4O3. The summed E-state index contributed by atoms with van der Waals surface area (Å²) in [5.74, 6) is -0.488. The largest absolute Gasteiger partial charge is 0.497 e. The number of rotatable bonds is 4. The van der Waals surface area contributed by atoms with Gasteiger partial charge in [0.2, 0.25) is 11.7 Å². The number of hydrogen-bond donors (Lipinski definition) is 1. The van der Waals surface area contributed by atoms with Gasteiger partial charge in [-0.3, -0.25) is 0 Å². The van der Waals surface area contributed by atoms with E-state index in [0.717, 1.165) is 30.5 Å². The Hall–Kier alpha value is -3.49. The molecule has 0 bridgehead atoms. The topological polar surface area (TPSA) is 80.5 Å². The number of piperidine rings is 1. The third-order valence-corrected chi connectivity index (χ3v) is 5.00. The van der Waals surface area contributed by atoms with E-state index in [0.29, 0.717) is 30.6 Å². The Labute approximate surface area is 171 Å². The number of urea groups is 1. The molecular weight excluding hydrogens is 394 g/mol. The SMILES string of the molecule is COc1cccc(-c2noc(C3CCCN(C(=O)Nc4ccc(F)c(F)c4)C3)n2)c1. The Morgan fingerprint density at radius 1 is 1.23 bits per heavy atom. The van der Waals surface area contributed by atoms with Gasteiger partial charge in [-0.1, -0.05) is 17.3 Å². The van der Waals surface area contributed by atoms with E-state index in [1.54, 1.807) is 12.0 Å². The van der Waals surface area contributed by atoms with E-state index in [-0.39, 0.29) is 11.6 Å². The number of likely N-dealkylation sites (tertiary alicyclic amines) is 1. The van der Waals surface area contributed by atoms with E-state index in [9.17, 15) is 13.6 Å². The predicted molar refractivity (Wildman–Crippen MR) is 105 cm³/mol. The molecule has 9 heteroatoms. The van der Waals surface area contributed by atoms with Crippen molar-refractivity contribution >= 4 is 11.7 Å². The lowest BCUT2D eigenvalue weighted by Crippen LogP contribution is -2.41. The van der Waals surface area contributed by atoms with Crippen molar-refractivity contribution < 1.29 is 22.8 Å². The van der Waals surface area contributed by atoms with Crippen molar-refractivity contribution in [2.24, 2.45) is 0 Å². The first-order valence-electron chi connectivity index (χ1n) is 9.52. The smallest absolute Gasteiger partial charge is 0.321 e. The van der Waals surface area contributed by atoms with E-state index in [2.05, 4.69) is 15.5 Å². The Balaban J connectivity index is 1.44. The number of anilines is 1. The van der Waals surface area contributed by atoms with Gasteiger partial charge in [0.1, 0.15) is 5.75 Å². The van der Waals surface area contributed by atoms with Crippen molar-refractivity contribution in [2.75, 3.05) is 25.5 Å². The molecule has 2 amide bonds. The molecule has 1 saturated heterocycles. The van der Waals surface area contributed by atoms with Gasteiger partial charge in [-0.25, -0.2) is 13.6 Å². The summed E-state index contributed by atoms with van der Waals surface area (Å²) in [5, 5.41) is 6.65. The Morgan fingerprint density at radius 2 is 2.10 bits per heavy atom. The van der Waals surface area contributed by atoms with Crippen LogP contribution in [-0.4, -0.2) is 41.3 Å². The zero-order valence-corrected chi connectivity index (χ0v) is 16.3. The second kappa shape index (κ2) is 8.48. The van der Waals surface area contributed by atoms with Crippen LogP contribution in [0.3, 0.4) is 0 Å². The molecule has 3 aromatic rings. The van der Waals surface area contributed by atoms with Gasteiger partial charge in [0.25, 0.3) is 0 Å². The maximum atomic E-state index is 13.4. The fourth-order valence-electron chi connectivity index (χ4n) is 3.42. The van der Waals surface area contributed by atoms with Gasteiger partial charge in [-0.05, 0) is 37.1 Å². The summed E-state index contributed by atoms with van der Waals surface area (Å²) in [7, 11) is 1.59. The molecule has 1 aliphatic heterocycles. The van der Waals surface area contributed by atoms with Crippen molar-refractivity contribution in [2.45, 2.75) is 18.8 Å². The highest BCUT2D eigenvalue weighted by atomic mass is 19.2. The molecule has 156 valence electrons. The molecule has 1 unspecified atom stereocenters. The van der Waals surface area contributed by atoms with Gasteiger partial charge in [0.15, 0.2) is 11.6 Å². The zero-order chi connectivity index (χ0) is 21.1. The molecule has 2 heterocycles. The minimum atomic E-state index is -1.01. The summed E-state index contributed by atoms with van der Waals surface area (Å²) >= 11 is 0. The van der Waals surface area contributed by atoms with E-state index in [1.165, 1.54) is 6.07 Å². The third-order valence-electron chi connectivity index (χ3n) is 5.00. The summed E-state index contributed by atoms with van der Waals surface area (Å²) in [4.78, 5) is 18.7. The molecule has 1 N–H and O–H groups in total. The van der Waals surface area contributed by atoms with Gasteiger partial charge in [0.05, 0.1) is 13.0 Å². The summed E-state index contributed by atoms with van der Waals surface area (Å²) < 4.78 is 37.1. The van der Waals surface area contributed by atoms with E-state index in [1.807, 2.05) is 24.3 Å². The molecule has 1 atom stereocenters. The number of benzene rings is 2. The first kappa shape index (κ1) is 19.8. The van der Waals surface area contributed by atoms with Crippen LogP contribution in [0.4, 0.5) is 19.3 Å². The average Bonchev–Trinajstić information content (AvgIpc) is 3.27. The van der Waals surface area contributed by atoms with Crippen LogP contribution in [-0.2, 0) is 0 Å². The fraction of sp³-hybridized carbons (Fsp3) is 0.286. The van der Waals surface area contributed by atoms with E-state index in [4.69, 9.17) is 9.26 Å². The highest BCUT2D eigenvalue weighted by molar-refractivity contribution is 5.89. The number of aromatic nitrogens is 2. The highest BCUT2D eigenvalue weighted by Gasteiger charge is 2.29. The van der Waals surface area contributed by atoms with Gasteiger partial charge in [-0.15, -0.1) is 0 Å². The van der Waals surface area contributed by atoms with E-state index < -0.39 is 17.7 Å². The number of halogens is 2. The lowest BCUT2D eigenvalue weighted by molar-refractivity contribution is 0.184. The fourth-order valence-corrected chi connectivity index (χ4v) is 3.42. The maximum absolute atomic E-state index is 13.4. The lowest BCUT2D eigenvalue weighted by atomic mass is 9.98. The molecule has 0 spiro atoms. The summed E-state index contributed by atoms with van der Waals surface area (Å²) in [6.45, 7) is 0.929. The molecule has 4 rings (SSSR count). The van der Waals surface area contributed by atoms with Gasteiger partial charge < -0.3 is 19.5 Å². The highest BCUT2D eigenvalue weighted by Crippen LogP contribution is 2.29. The number of nitrogens with zero attached hydrogens (tertiary/aromatic N) is 3. The molecule has 1 aromatic heterocycles. The van der Waals surface area contributed by atoms with Crippen molar-refractivity contribution in [3.05, 3.63) is 60.0 Å². The number of ether oxygens (including phenoxy) is 1. The lowest BCUT2D eigenvalue weighted by Gasteiger charge is -2.31. The van der Waals surface area contributed by atoms with Gasteiger partial charge in [-0.2, -0.15) is 4.98 Å². The Bertz CT molecular complexity index is 1060. The number of nitrogens with one attached hydrogen (secondary N) is 1. The van der Waals surface area contributed by atoms with Crippen LogP contribution < -0.4 is 10.1 Å². The maximum Gasteiger partial charge on any atom is 0.321 e. The molecule has 0 radical (unpaired) electrons. The van der Waals surface area contributed by atoms with Crippen molar-refractivity contribution in [3.63, 3.8) is 0 Å². The number of methoxy groups -OCH3 is 1. The number of hydrogen-bond acceptors (Lipinski definition) is 5. The van der Waals surface area contributed by atoms with Crippen LogP contribution in [0.2, 0.25) is 0 Å². The second-order valence-electron chi connectivity index (χ2n) is 7.03. The Kier molecular flexibility index (Phi) is 5.60. The van der Waals surface area contributed by atoms with Crippen LogP contribution in [0.25, 0.3) is 11.4 Å². The molecule has 1 fully saturated rings. The summed E-state index contributed by atoms with van der Waals surface area (Å²) in [6, 6.07) is 10.2. The Morgan fingerprint density at radius 3 is 2.90 bits per heavy atom. The first-order chi connectivity index (χ1) is 14.5. The van der Waals surface area contributed by atoms with Crippen LogP contribution >= 0.6 is 0 Å². The van der Waals surface area contributed by atoms with Crippen molar-refractivity contribution in [1.82, 2.24) is 15.0 Å². The number of carbonyl (C=O) groups excluding carboxylic acids is 1. The molecule has 30 heavy (non-hydrogen) atoms. The summed E-state index contributed by atoms with van der Waals surface area (Å²) in [6.07, 6.45) is 1.56. The van der Waals surface area contributed by atoms with Gasteiger partial charge >= 0.3 is 6.03 Å². The van der Waals surface area contributed by atoms with Crippen LogP contribution in [0.1, 0.15) is 24.7 Å². The van der Waals surface area contributed by atoms with Crippen LogP contribution in [0.15, 0.2) is 47.0 Å². The number of carbonyl (C=O) groups is 1. The zero-order valence-electron chi connectivity index (χ0n) is 16.3. The first-order valence-corrected chi connectivity index (χ1v) is 9.52. The van der Waals surface area contributed by atoms with Crippen LogP contribution in [0, 0.1) is 11.6 Å². The van der Waals surface area contributed by atoms with Crippen molar-refractivity contribution in [3.8, 4) is 17.1 Å². The third kappa shape index (κ3) is 4.24. The minimum Gasteiger partial charge on any atom is -0.497 e. The van der Waals surface area contributed by atoms with Crippen molar-refractivity contribution in [1.29, 1.82) is 0 Å².